The lowest BCUT2D eigenvalue weighted by Gasteiger charge is -2.22. The van der Waals surface area contributed by atoms with Crippen LogP contribution in [0, 0.1) is 5.92 Å². The summed E-state index contributed by atoms with van der Waals surface area (Å²) in [5.41, 5.74) is 1.24. The van der Waals surface area contributed by atoms with Crippen LogP contribution in [0.4, 0.5) is 5.82 Å². The highest BCUT2D eigenvalue weighted by molar-refractivity contribution is 5.47. The molecule has 2 heterocycles. The van der Waals surface area contributed by atoms with Crippen LogP contribution in [-0.4, -0.2) is 35.3 Å². The van der Waals surface area contributed by atoms with Crippen LogP contribution < -0.4 is 10.2 Å². The fraction of sp³-hybridized carbons (Fsp3) is 0.667. The molecule has 1 saturated heterocycles. The predicted octanol–water partition coefficient (Wildman–Crippen LogP) is 1.79. The summed E-state index contributed by atoms with van der Waals surface area (Å²) in [7, 11) is 0. The predicted molar refractivity (Wildman–Crippen MR) is 78.2 cm³/mol. The van der Waals surface area contributed by atoms with E-state index < -0.39 is 0 Å². The second kappa shape index (κ2) is 6.35. The molecule has 2 rings (SSSR count). The zero-order valence-corrected chi connectivity index (χ0v) is 12.1. The van der Waals surface area contributed by atoms with Crippen molar-refractivity contribution in [3.63, 3.8) is 0 Å². The Balaban J connectivity index is 2.07. The third-order valence-corrected chi connectivity index (χ3v) is 3.77. The van der Waals surface area contributed by atoms with E-state index in [2.05, 4.69) is 35.1 Å². The molecule has 4 nitrogen and oxygen atoms in total. The zero-order chi connectivity index (χ0) is 13.8. The van der Waals surface area contributed by atoms with Crippen molar-refractivity contribution >= 4 is 5.82 Å². The normalized spacial score (nSPS) is 21.1. The molecule has 2 N–H and O–H groups in total. The minimum atomic E-state index is -0.231. The molecule has 0 aromatic carbocycles. The molecule has 0 spiro atoms. The molecule has 2 unspecified atom stereocenters. The maximum absolute atomic E-state index is 9.70. The van der Waals surface area contributed by atoms with Gasteiger partial charge >= 0.3 is 0 Å². The minimum absolute atomic E-state index is 0.231. The van der Waals surface area contributed by atoms with Gasteiger partial charge in [0.15, 0.2) is 0 Å². The average Bonchev–Trinajstić information content (AvgIpc) is 2.86. The van der Waals surface area contributed by atoms with Gasteiger partial charge in [-0.3, -0.25) is 0 Å². The van der Waals surface area contributed by atoms with Gasteiger partial charge in [-0.05, 0) is 19.4 Å². The molecule has 0 radical (unpaired) electrons. The van der Waals surface area contributed by atoms with Gasteiger partial charge in [-0.25, -0.2) is 4.98 Å². The van der Waals surface area contributed by atoms with Crippen molar-refractivity contribution in [1.82, 2.24) is 10.3 Å². The van der Waals surface area contributed by atoms with Crippen molar-refractivity contribution in [3.8, 4) is 0 Å². The summed E-state index contributed by atoms with van der Waals surface area (Å²) in [5.74, 6) is 1.44. The summed E-state index contributed by atoms with van der Waals surface area (Å²) in [6, 6.07) is 4.59. The van der Waals surface area contributed by atoms with E-state index in [-0.39, 0.29) is 6.10 Å². The lowest BCUT2D eigenvalue weighted by molar-refractivity contribution is 0.136. The second-order valence-electron chi connectivity index (χ2n) is 5.76. The summed E-state index contributed by atoms with van der Waals surface area (Å²) in [6.45, 7) is 8.92. The third-order valence-electron chi connectivity index (χ3n) is 3.77. The monoisotopic (exact) mass is 263 g/mol. The van der Waals surface area contributed by atoms with Crippen LogP contribution >= 0.6 is 0 Å². The van der Waals surface area contributed by atoms with E-state index in [1.165, 1.54) is 5.56 Å². The van der Waals surface area contributed by atoms with Gasteiger partial charge in [-0.15, -0.1) is 0 Å². The molecule has 0 aliphatic carbocycles. The van der Waals surface area contributed by atoms with Crippen molar-refractivity contribution in [3.05, 3.63) is 23.9 Å². The summed E-state index contributed by atoms with van der Waals surface area (Å²) in [6.07, 6.45) is 2.67. The Morgan fingerprint density at radius 1 is 1.47 bits per heavy atom. The maximum Gasteiger partial charge on any atom is 0.133 e. The number of anilines is 1. The van der Waals surface area contributed by atoms with Gasteiger partial charge in [0.25, 0.3) is 0 Å². The zero-order valence-electron chi connectivity index (χ0n) is 12.1. The summed E-state index contributed by atoms with van der Waals surface area (Å²) >= 11 is 0. The average molecular weight is 263 g/mol. The van der Waals surface area contributed by atoms with Gasteiger partial charge in [-0.1, -0.05) is 19.9 Å². The van der Waals surface area contributed by atoms with E-state index >= 15 is 0 Å². The number of rotatable bonds is 5. The fourth-order valence-electron chi connectivity index (χ4n) is 2.54. The molecule has 1 aliphatic heterocycles. The SMILES string of the molecule is CC(C)NCc1cccnc1N1CCC(C(C)O)C1. The maximum atomic E-state index is 9.70. The molecule has 0 saturated carbocycles. The van der Waals surface area contributed by atoms with E-state index in [4.69, 9.17) is 0 Å². The van der Waals surface area contributed by atoms with Crippen LogP contribution in [0.25, 0.3) is 0 Å². The number of hydrogen-bond donors (Lipinski definition) is 2. The number of nitrogens with one attached hydrogen (secondary N) is 1. The second-order valence-corrected chi connectivity index (χ2v) is 5.76. The number of hydrogen-bond acceptors (Lipinski definition) is 4. The third kappa shape index (κ3) is 3.67. The van der Waals surface area contributed by atoms with Crippen LogP contribution in [0.3, 0.4) is 0 Å². The number of nitrogens with zero attached hydrogens (tertiary/aromatic N) is 2. The number of aliphatic hydroxyl groups is 1. The van der Waals surface area contributed by atoms with Gasteiger partial charge in [0.05, 0.1) is 6.10 Å². The molecule has 0 amide bonds. The lowest BCUT2D eigenvalue weighted by Crippen LogP contribution is -2.27. The summed E-state index contributed by atoms with van der Waals surface area (Å²) in [4.78, 5) is 6.84. The van der Waals surface area contributed by atoms with Crippen LogP contribution in [0.2, 0.25) is 0 Å². The van der Waals surface area contributed by atoms with Crippen LogP contribution in [0.5, 0.6) is 0 Å². The number of aliphatic hydroxyl groups excluding tert-OH is 1. The van der Waals surface area contributed by atoms with E-state index in [0.717, 1.165) is 31.9 Å². The molecule has 4 heteroatoms. The van der Waals surface area contributed by atoms with E-state index in [0.29, 0.717) is 12.0 Å². The van der Waals surface area contributed by atoms with Crippen LogP contribution in [-0.2, 0) is 6.54 Å². The molecule has 1 aromatic rings. The molecule has 1 aliphatic rings. The van der Waals surface area contributed by atoms with Crippen molar-refractivity contribution in [2.24, 2.45) is 5.92 Å². The first-order chi connectivity index (χ1) is 9.08. The van der Waals surface area contributed by atoms with E-state index in [9.17, 15) is 5.11 Å². The highest BCUT2D eigenvalue weighted by Crippen LogP contribution is 2.26. The van der Waals surface area contributed by atoms with Crippen molar-refractivity contribution in [2.45, 2.75) is 45.9 Å². The molecule has 106 valence electrons. The molecule has 1 aromatic heterocycles. The van der Waals surface area contributed by atoms with E-state index in [1.807, 2.05) is 19.2 Å². The molecule has 0 bridgehead atoms. The first-order valence-electron chi connectivity index (χ1n) is 7.18. The Bertz CT molecular complexity index is 406. The van der Waals surface area contributed by atoms with Gasteiger partial charge in [-0.2, -0.15) is 0 Å². The highest BCUT2D eigenvalue weighted by atomic mass is 16.3. The van der Waals surface area contributed by atoms with Gasteiger partial charge in [0, 0.05) is 43.4 Å². The fourth-order valence-corrected chi connectivity index (χ4v) is 2.54. The van der Waals surface area contributed by atoms with E-state index in [1.54, 1.807) is 0 Å². The topological polar surface area (TPSA) is 48.4 Å². The van der Waals surface area contributed by atoms with Crippen molar-refractivity contribution < 1.29 is 5.11 Å². The number of aromatic nitrogens is 1. The van der Waals surface area contributed by atoms with Gasteiger partial charge in [0.2, 0.25) is 0 Å². The smallest absolute Gasteiger partial charge is 0.133 e. The van der Waals surface area contributed by atoms with Crippen LogP contribution in [0.1, 0.15) is 32.8 Å². The Kier molecular flexibility index (Phi) is 4.77. The minimum Gasteiger partial charge on any atom is -0.393 e. The number of pyridine rings is 1. The molecular formula is C15H25N3O. The Morgan fingerprint density at radius 3 is 2.89 bits per heavy atom. The van der Waals surface area contributed by atoms with Gasteiger partial charge < -0.3 is 15.3 Å². The Labute approximate surface area is 115 Å². The first-order valence-corrected chi connectivity index (χ1v) is 7.18. The molecule has 19 heavy (non-hydrogen) atoms. The first kappa shape index (κ1) is 14.3. The van der Waals surface area contributed by atoms with Gasteiger partial charge in [0.1, 0.15) is 5.82 Å². The quantitative estimate of drug-likeness (QED) is 0.850. The largest absolute Gasteiger partial charge is 0.393 e. The van der Waals surface area contributed by atoms with Crippen molar-refractivity contribution in [1.29, 1.82) is 0 Å². The standard InChI is InChI=1S/C15H25N3O/c1-11(2)17-9-13-5-4-7-16-15(13)18-8-6-14(10-18)12(3)19/h4-5,7,11-12,14,17,19H,6,8-10H2,1-3H3. The molecular weight excluding hydrogens is 238 g/mol. The summed E-state index contributed by atoms with van der Waals surface area (Å²) in [5, 5.41) is 13.1. The Hall–Kier alpha value is -1.13. The lowest BCUT2D eigenvalue weighted by atomic mass is 10.0. The molecule has 2 atom stereocenters. The highest BCUT2D eigenvalue weighted by Gasteiger charge is 2.27. The van der Waals surface area contributed by atoms with Crippen molar-refractivity contribution in [2.75, 3.05) is 18.0 Å². The molecule has 1 fully saturated rings. The Morgan fingerprint density at radius 2 is 2.26 bits per heavy atom. The van der Waals surface area contributed by atoms with Crippen LogP contribution in [0.15, 0.2) is 18.3 Å². The summed E-state index contributed by atoms with van der Waals surface area (Å²) < 4.78 is 0.